The molecule has 106 valence electrons. The highest BCUT2D eigenvalue weighted by molar-refractivity contribution is 7.71. The number of nitrogens with zero attached hydrogens (tertiary/aromatic N) is 2. The smallest absolute Gasteiger partial charge is 0.271 e. The van der Waals surface area contributed by atoms with Crippen LogP contribution in [0.2, 0.25) is 0 Å². The summed E-state index contributed by atoms with van der Waals surface area (Å²) in [7, 11) is 1.59. The van der Waals surface area contributed by atoms with Gasteiger partial charge in [-0.2, -0.15) is 0 Å². The van der Waals surface area contributed by atoms with Crippen LogP contribution in [-0.4, -0.2) is 21.6 Å². The van der Waals surface area contributed by atoms with Crippen LogP contribution in [0, 0.1) is 14.9 Å². The number of ether oxygens (including phenoxy) is 1. The fourth-order valence-corrected chi connectivity index (χ4v) is 2.57. The molecule has 6 nitrogen and oxygen atoms in total. The van der Waals surface area contributed by atoms with E-state index >= 15 is 0 Å². The maximum absolute atomic E-state index is 10.8. The summed E-state index contributed by atoms with van der Waals surface area (Å²) in [5, 5.41) is 10.8. The van der Waals surface area contributed by atoms with Crippen LogP contribution < -0.4 is 4.74 Å². The third-order valence-corrected chi connectivity index (χ3v) is 3.49. The van der Waals surface area contributed by atoms with Crippen molar-refractivity contribution in [3.63, 3.8) is 0 Å². The average molecular weight is 301 g/mol. The molecule has 0 amide bonds. The third kappa shape index (κ3) is 2.17. The molecule has 0 fully saturated rings. The van der Waals surface area contributed by atoms with Crippen LogP contribution in [-0.2, 0) is 0 Å². The first kappa shape index (κ1) is 13.3. The van der Waals surface area contributed by atoms with Crippen molar-refractivity contribution in [2.24, 2.45) is 0 Å². The van der Waals surface area contributed by atoms with Crippen LogP contribution in [0.4, 0.5) is 5.69 Å². The predicted octanol–water partition coefficient (Wildman–Crippen LogP) is 3.60. The second-order valence-electron chi connectivity index (χ2n) is 4.40. The summed E-state index contributed by atoms with van der Waals surface area (Å²) in [6.45, 7) is 0. The molecule has 0 atom stereocenters. The zero-order chi connectivity index (χ0) is 15.0. The molecule has 1 aromatic heterocycles. The first-order valence-corrected chi connectivity index (χ1v) is 6.55. The molecule has 1 heterocycles. The van der Waals surface area contributed by atoms with Crippen molar-refractivity contribution < 1.29 is 9.66 Å². The summed E-state index contributed by atoms with van der Waals surface area (Å²) in [5.41, 5.74) is 2.17. The van der Waals surface area contributed by atoms with Crippen LogP contribution >= 0.6 is 12.2 Å². The zero-order valence-corrected chi connectivity index (χ0v) is 11.9. The second kappa shape index (κ2) is 5.02. The van der Waals surface area contributed by atoms with Crippen LogP contribution in [0.25, 0.3) is 16.7 Å². The molecule has 0 bridgehead atoms. The van der Waals surface area contributed by atoms with Gasteiger partial charge in [0.2, 0.25) is 0 Å². The average Bonchev–Trinajstić information content (AvgIpc) is 2.81. The first-order chi connectivity index (χ1) is 10.1. The number of nitrogens with one attached hydrogen (secondary N) is 1. The van der Waals surface area contributed by atoms with Gasteiger partial charge in [0.05, 0.1) is 28.8 Å². The maximum atomic E-state index is 10.8. The molecular weight excluding hydrogens is 290 g/mol. The Hall–Kier alpha value is -2.67. The zero-order valence-electron chi connectivity index (χ0n) is 11.1. The molecule has 2 aromatic carbocycles. The quantitative estimate of drug-likeness (QED) is 0.455. The van der Waals surface area contributed by atoms with Gasteiger partial charge in [-0.3, -0.25) is 14.7 Å². The molecule has 1 N–H and O–H groups in total. The number of methoxy groups -OCH3 is 1. The van der Waals surface area contributed by atoms with Crippen LogP contribution in [0.15, 0.2) is 42.5 Å². The topological polar surface area (TPSA) is 73.1 Å². The lowest BCUT2D eigenvalue weighted by Crippen LogP contribution is -1.97. The number of benzene rings is 2. The van der Waals surface area contributed by atoms with Gasteiger partial charge in [-0.05, 0) is 30.4 Å². The number of nitro groups is 1. The minimum Gasteiger partial charge on any atom is -0.495 e. The fourth-order valence-electron chi connectivity index (χ4n) is 2.27. The van der Waals surface area contributed by atoms with Crippen LogP contribution in [0.1, 0.15) is 0 Å². The second-order valence-corrected chi connectivity index (χ2v) is 4.78. The van der Waals surface area contributed by atoms with Gasteiger partial charge in [0.15, 0.2) is 4.77 Å². The minimum absolute atomic E-state index is 0.0194. The molecule has 7 heteroatoms. The van der Waals surface area contributed by atoms with Gasteiger partial charge in [0.25, 0.3) is 5.69 Å². The summed E-state index contributed by atoms with van der Waals surface area (Å²) in [6.07, 6.45) is 0. The lowest BCUT2D eigenvalue weighted by molar-refractivity contribution is -0.384. The number of hydrogen-bond acceptors (Lipinski definition) is 4. The van der Waals surface area contributed by atoms with Crippen molar-refractivity contribution in [2.75, 3.05) is 7.11 Å². The van der Waals surface area contributed by atoms with E-state index in [0.717, 1.165) is 11.2 Å². The predicted molar refractivity (Wildman–Crippen MR) is 81.7 cm³/mol. The van der Waals surface area contributed by atoms with Crippen molar-refractivity contribution >= 4 is 28.9 Å². The Morgan fingerprint density at radius 3 is 2.76 bits per heavy atom. The van der Waals surface area contributed by atoms with E-state index in [1.54, 1.807) is 17.7 Å². The number of non-ortho nitro benzene ring substituents is 1. The molecule has 21 heavy (non-hydrogen) atoms. The molecular formula is C14H11N3O3S. The van der Waals surface area contributed by atoms with E-state index < -0.39 is 4.92 Å². The SMILES string of the molecule is COc1ccccc1-n1c(=S)[nH]c2cc([N+](=O)[O-])ccc21. The normalized spacial score (nSPS) is 10.7. The van der Waals surface area contributed by atoms with Gasteiger partial charge in [0.1, 0.15) is 5.75 Å². The fraction of sp³-hybridized carbons (Fsp3) is 0.0714. The molecule has 0 spiro atoms. The van der Waals surface area contributed by atoms with Crippen molar-refractivity contribution in [3.05, 3.63) is 57.3 Å². The van der Waals surface area contributed by atoms with E-state index in [1.807, 2.05) is 24.3 Å². The summed E-state index contributed by atoms with van der Waals surface area (Å²) in [4.78, 5) is 13.4. The molecule has 0 saturated carbocycles. The van der Waals surface area contributed by atoms with Crippen molar-refractivity contribution in [2.45, 2.75) is 0 Å². The van der Waals surface area contributed by atoms with Gasteiger partial charge in [0, 0.05) is 12.1 Å². The summed E-state index contributed by atoms with van der Waals surface area (Å²) < 4.78 is 7.60. The maximum Gasteiger partial charge on any atom is 0.271 e. The number of nitro benzene ring substituents is 1. The van der Waals surface area contributed by atoms with Gasteiger partial charge in [-0.1, -0.05) is 12.1 Å². The van der Waals surface area contributed by atoms with Crippen molar-refractivity contribution in [1.82, 2.24) is 9.55 Å². The van der Waals surface area contributed by atoms with Gasteiger partial charge < -0.3 is 9.72 Å². The van der Waals surface area contributed by atoms with E-state index in [9.17, 15) is 10.1 Å². The van der Waals surface area contributed by atoms with Gasteiger partial charge >= 0.3 is 0 Å². The van der Waals surface area contributed by atoms with Crippen molar-refractivity contribution in [1.29, 1.82) is 0 Å². The number of hydrogen-bond donors (Lipinski definition) is 1. The highest BCUT2D eigenvalue weighted by atomic mass is 32.1. The lowest BCUT2D eigenvalue weighted by atomic mass is 10.2. The number of para-hydroxylation sites is 2. The Balaban J connectivity index is 2.31. The summed E-state index contributed by atoms with van der Waals surface area (Å²) in [5.74, 6) is 0.674. The number of aromatic nitrogens is 2. The Labute approximate surface area is 124 Å². The number of aromatic amines is 1. The minimum atomic E-state index is -0.434. The Kier molecular flexibility index (Phi) is 3.19. The number of imidazole rings is 1. The number of fused-ring (bicyclic) bond motifs is 1. The standard InChI is InChI=1S/C14H11N3O3S/c1-20-13-5-3-2-4-12(13)16-11-7-6-9(17(18)19)8-10(11)15-14(16)21/h2-8H,1H3,(H,15,21). The molecule has 0 aliphatic heterocycles. The largest absolute Gasteiger partial charge is 0.495 e. The van der Waals surface area contributed by atoms with E-state index in [-0.39, 0.29) is 5.69 Å². The molecule has 0 unspecified atom stereocenters. The Morgan fingerprint density at radius 2 is 2.05 bits per heavy atom. The van der Waals surface area contributed by atoms with E-state index in [2.05, 4.69) is 4.98 Å². The van der Waals surface area contributed by atoms with E-state index in [1.165, 1.54) is 12.1 Å². The van der Waals surface area contributed by atoms with E-state index in [0.29, 0.717) is 16.0 Å². The number of rotatable bonds is 3. The molecule has 0 saturated heterocycles. The Bertz CT molecular complexity index is 898. The third-order valence-electron chi connectivity index (χ3n) is 3.20. The molecule has 0 radical (unpaired) electrons. The molecule has 0 aliphatic carbocycles. The number of H-pyrrole nitrogens is 1. The highest BCUT2D eigenvalue weighted by Gasteiger charge is 2.13. The van der Waals surface area contributed by atoms with Gasteiger partial charge in [-0.25, -0.2) is 0 Å². The summed E-state index contributed by atoms with van der Waals surface area (Å²) >= 11 is 5.33. The molecule has 3 aromatic rings. The van der Waals surface area contributed by atoms with E-state index in [4.69, 9.17) is 17.0 Å². The van der Waals surface area contributed by atoms with Crippen LogP contribution in [0.3, 0.4) is 0 Å². The first-order valence-electron chi connectivity index (χ1n) is 6.14. The lowest BCUT2D eigenvalue weighted by Gasteiger charge is -2.09. The molecule has 0 aliphatic rings. The van der Waals surface area contributed by atoms with Gasteiger partial charge in [-0.15, -0.1) is 0 Å². The Morgan fingerprint density at radius 1 is 1.29 bits per heavy atom. The molecule has 3 rings (SSSR count). The van der Waals surface area contributed by atoms with Crippen molar-refractivity contribution in [3.8, 4) is 11.4 Å². The van der Waals surface area contributed by atoms with Crippen LogP contribution in [0.5, 0.6) is 5.75 Å². The summed E-state index contributed by atoms with van der Waals surface area (Å²) in [6, 6.07) is 12.1. The monoisotopic (exact) mass is 301 g/mol. The highest BCUT2D eigenvalue weighted by Crippen LogP contribution is 2.28.